The Morgan fingerprint density at radius 1 is 1.64 bits per heavy atom. The molecule has 0 aliphatic heterocycles. The summed E-state index contributed by atoms with van der Waals surface area (Å²) in [5.41, 5.74) is 0. The van der Waals surface area contributed by atoms with Crippen LogP contribution in [0.5, 0.6) is 0 Å². The third kappa shape index (κ3) is 26.5. The number of esters is 1. The van der Waals surface area contributed by atoms with Crippen LogP contribution in [0.2, 0.25) is 0 Å². The monoisotopic (exact) mass is 162 g/mol. The average molecular weight is 162 g/mol. The van der Waals surface area contributed by atoms with Gasteiger partial charge in [0.15, 0.2) is 0 Å². The van der Waals surface area contributed by atoms with Crippen molar-refractivity contribution in [2.75, 3.05) is 7.11 Å². The number of carbonyl (C=O) groups excluding carboxylic acids is 1. The van der Waals surface area contributed by atoms with Gasteiger partial charge < -0.3 is 4.74 Å². The zero-order chi connectivity index (χ0) is 8.41. The van der Waals surface area contributed by atoms with Crippen molar-refractivity contribution in [2.45, 2.75) is 0 Å². The second kappa shape index (κ2) is 16.2. The van der Waals surface area contributed by atoms with E-state index in [-0.39, 0.29) is 29.6 Å². The molecule has 0 aliphatic carbocycles. The first kappa shape index (κ1) is 16.8. The van der Waals surface area contributed by atoms with Crippen molar-refractivity contribution in [3.05, 3.63) is 25.3 Å². The molecule has 0 aromatic carbocycles. The number of rotatable bonds is 1. The molecule has 0 saturated carbocycles. The van der Waals surface area contributed by atoms with Gasteiger partial charge in [0, 0.05) is 41.7 Å². The number of carbonyl (C=O) groups is 1. The van der Waals surface area contributed by atoms with Crippen LogP contribution in [-0.4, -0.2) is 42.6 Å². The van der Waals surface area contributed by atoms with E-state index in [9.17, 15) is 4.79 Å². The molecule has 0 saturated heterocycles. The third-order valence-electron chi connectivity index (χ3n) is 0.459. The first-order chi connectivity index (χ1) is 4.72. The summed E-state index contributed by atoms with van der Waals surface area (Å²) in [4.78, 5) is 9.84. The Labute approximate surface area is 88.6 Å². The minimum absolute atomic E-state index is 0. The quantitative estimate of drug-likeness (QED) is 0.246. The molecule has 0 heterocycles. The first-order valence-corrected chi connectivity index (χ1v) is 2.43. The number of methoxy groups -OCH3 is 1. The van der Waals surface area contributed by atoms with Crippen LogP contribution in [0.4, 0.5) is 0 Å². The summed E-state index contributed by atoms with van der Waals surface area (Å²) in [6, 6.07) is 1.69. The Hall–Kier alpha value is -0.560. The number of hydrogen-bond donors (Lipinski definition) is 0. The molecule has 0 aliphatic rings. The molecule has 0 fully saturated rings. The zero-order valence-electron chi connectivity index (χ0n) is 6.83. The van der Waals surface area contributed by atoms with E-state index in [1.54, 1.807) is 6.07 Å². The Morgan fingerprint density at radius 3 is 2.00 bits per heavy atom. The Balaban J connectivity index is -0.000000114. The van der Waals surface area contributed by atoms with E-state index in [4.69, 9.17) is 5.26 Å². The standard InChI is InChI=1S/C4H6O2.C3H3N.Na/c1-3-4(5)6-2;1-2-3-4;/h3H,1H2,2H3;2H,1H2;. The zero-order valence-corrected chi connectivity index (χ0v) is 8.83. The summed E-state index contributed by atoms with van der Waals surface area (Å²) in [5, 5.41) is 7.51. The van der Waals surface area contributed by atoms with Gasteiger partial charge in [0.05, 0.1) is 13.2 Å². The Bertz CT molecular complexity index is 160. The topological polar surface area (TPSA) is 50.1 Å². The van der Waals surface area contributed by atoms with Gasteiger partial charge in [0.1, 0.15) is 0 Å². The third-order valence-corrected chi connectivity index (χ3v) is 0.459. The van der Waals surface area contributed by atoms with Gasteiger partial charge in [-0.25, -0.2) is 4.79 Å². The van der Waals surface area contributed by atoms with Gasteiger partial charge in [0.25, 0.3) is 0 Å². The fourth-order valence-corrected chi connectivity index (χ4v) is 0.0833. The molecule has 4 heteroatoms. The van der Waals surface area contributed by atoms with Crippen LogP contribution < -0.4 is 0 Å². The average Bonchev–Trinajstić information content (AvgIpc) is 2.03. The molecular weight excluding hydrogens is 153 g/mol. The fourth-order valence-electron chi connectivity index (χ4n) is 0.0833. The summed E-state index contributed by atoms with van der Waals surface area (Å²) < 4.78 is 4.14. The van der Waals surface area contributed by atoms with Gasteiger partial charge in [-0.05, 0) is 0 Å². The Morgan fingerprint density at radius 2 is 2.00 bits per heavy atom. The number of hydrogen-bond acceptors (Lipinski definition) is 3. The molecule has 11 heavy (non-hydrogen) atoms. The van der Waals surface area contributed by atoms with Gasteiger partial charge in [-0.3, -0.25) is 0 Å². The molecule has 0 rings (SSSR count). The van der Waals surface area contributed by atoms with Crippen molar-refractivity contribution in [1.29, 1.82) is 5.26 Å². The molecule has 0 bridgehead atoms. The number of allylic oxidation sites excluding steroid dienone is 1. The maximum atomic E-state index is 9.84. The van der Waals surface area contributed by atoms with Crippen LogP contribution in [0.25, 0.3) is 0 Å². The smallest absolute Gasteiger partial charge is 0.329 e. The predicted octanol–water partition coefficient (Wildman–Crippen LogP) is 0.661. The van der Waals surface area contributed by atoms with Crippen LogP contribution in [0.3, 0.4) is 0 Å². The van der Waals surface area contributed by atoms with E-state index < -0.39 is 5.97 Å². The van der Waals surface area contributed by atoms with Crippen molar-refractivity contribution in [3.8, 4) is 6.07 Å². The fraction of sp³-hybridized carbons (Fsp3) is 0.143. The van der Waals surface area contributed by atoms with Gasteiger partial charge in [-0.1, -0.05) is 13.2 Å². The van der Waals surface area contributed by atoms with Crippen molar-refractivity contribution >= 4 is 35.5 Å². The number of nitrogens with zero attached hydrogens (tertiary/aromatic N) is 1. The van der Waals surface area contributed by atoms with Crippen molar-refractivity contribution < 1.29 is 9.53 Å². The van der Waals surface area contributed by atoms with Crippen molar-refractivity contribution in [2.24, 2.45) is 0 Å². The molecule has 0 N–H and O–H groups in total. The Kier molecular flexibility index (Phi) is 24.8. The molecule has 0 atom stereocenters. The van der Waals surface area contributed by atoms with Gasteiger partial charge in [-0.15, -0.1) is 0 Å². The summed E-state index contributed by atoms with van der Waals surface area (Å²) in [6.45, 7) is 6.27. The van der Waals surface area contributed by atoms with Crippen LogP contribution >= 0.6 is 0 Å². The van der Waals surface area contributed by atoms with Crippen molar-refractivity contribution in [3.63, 3.8) is 0 Å². The van der Waals surface area contributed by atoms with E-state index >= 15 is 0 Å². The SMILES string of the molecule is C=CC#N.C=CC(=O)OC.[Na]. The molecule has 1 radical (unpaired) electrons. The number of ether oxygens (including phenoxy) is 1. The molecule has 0 unspecified atom stereocenters. The molecule has 0 aromatic rings. The molecule has 0 amide bonds. The van der Waals surface area contributed by atoms with E-state index in [0.29, 0.717) is 0 Å². The molecule has 0 aromatic heterocycles. The maximum absolute atomic E-state index is 9.84. The number of nitriles is 1. The molecule has 55 valence electrons. The van der Waals surface area contributed by atoms with E-state index in [0.717, 1.165) is 6.08 Å². The minimum atomic E-state index is -0.394. The van der Waals surface area contributed by atoms with Crippen LogP contribution in [0.15, 0.2) is 25.3 Å². The summed E-state index contributed by atoms with van der Waals surface area (Å²) in [7, 11) is 1.31. The van der Waals surface area contributed by atoms with Gasteiger partial charge >= 0.3 is 5.97 Å². The van der Waals surface area contributed by atoms with Crippen LogP contribution in [0, 0.1) is 11.3 Å². The van der Waals surface area contributed by atoms with Crippen LogP contribution in [-0.2, 0) is 9.53 Å². The summed E-state index contributed by atoms with van der Waals surface area (Å²) in [6.07, 6.45) is 2.29. The molecule has 0 spiro atoms. The van der Waals surface area contributed by atoms with E-state index in [1.807, 2.05) is 0 Å². The van der Waals surface area contributed by atoms with E-state index in [2.05, 4.69) is 17.9 Å². The second-order valence-electron chi connectivity index (χ2n) is 1.06. The summed E-state index contributed by atoms with van der Waals surface area (Å²) >= 11 is 0. The maximum Gasteiger partial charge on any atom is 0.329 e. The first-order valence-electron chi connectivity index (χ1n) is 2.43. The predicted molar refractivity (Wildman–Crippen MR) is 43.8 cm³/mol. The van der Waals surface area contributed by atoms with Gasteiger partial charge in [0.2, 0.25) is 0 Å². The van der Waals surface area contributed by atoms with Crippen LogP contribution in [0.1, 0.15) is 0 Å². The second-order valence-corrected chi connectivity index (χ2v) is 1.06. The van der Waals surface area contributed by atoms with Crippen molar-refractivity contribution in [1.82, 2.24) is 0 Å². The molecule has 3 nitrogen and oxygen atoms in total. The normalized spacial score (nSPS) is 5.09. The molecular formula is C7H9NNaO2. The van der Waals surface area contributed by atoms with E-state index in [1.165, 1.54) is 13.2 Å². The van der Waals surface area contributed by atoms with Gasteiger partial charge in [-0.2, -0.15) is 5.26 Å². The largest absolute Gasteiger partial charge is 0.466 e. The summed E-state index contributed by atoms with van der Waals surface area (Å²) in [5.74, 6) is -0.394. The minimum Gasteiger partial charge on any atom is -0.466 e.